The van der Waals surface area contributed by atoms with E-state index in [9.17, 15) is 0 Å². The van der Waals surface area contributed by atoms with Gasteiger partial charge in [-0.3, -0.25) is 0 Å². The van der Waals surface area contributed by atoms with E-state index in [2.05, 4.69) is 37.4 Å². The second-order valence-corrected chi connectivity index (χ2v) is 7.21. The Balaban J connectivity index is 1.53. The Hall–Kier alpha value is -2.94. The van der Waals surface area contributed by atoms with Crippen LogP contribution in [0.3, 0.4) is 0 Å². The number of nitrogens with one attached hydrogen (secondary N) is 1. The molecule has 0 saturated heterocycles. The van der Waals surface area contributed by atoms with Gasteiger partial charge in [0.05, 0.1) is 5.69 Å². The molecule has 3 aromatic carbocycles. The van der Waals surface area contributed by atoms with Crippen LogP contribution in [0.5, 0.6) is 17.2 Å². The van der Waals surface area contributed by atoms with Crippen molar-refractivity contribution in [2.75, 3.05) is 5.32 Å². The summed E-state index contributed by atoms with van der Waals surface area (Å²) in [6, 6.07) is 24.2. The van der Waals surface area contributed by atoms with E-state index in [0.29, 0.717) is 6.54 Å². The van der Waals surface area contributed by atoms with Crippen molar-refractivity contribution >= 4 is 5.69 Å². The van der Waals surface area contributed by atoms with Gasteiger partial charge in [-0.1, -0.05) is 48.5 Å². The number of ether oxygens (including phenoxy) is 2. The quantitative estimate of drug-likeness (QED) is 0.633. The van der Waals surface area contributed by atoms with Gasteiger partial charge in [-0.15, -0.1) is 0 Å². The average molecular weight is 345 g/mol. The van der Waals surface area contributed by atoms with E-state index in [-0.39, 0.29) is 5.60 Å². The zero-order chi connectivity index (χ0) is 18.0. The molecular formula is C23H23NO2. The van der Waals surface area contributed by atoms with Gasteiger partial charge in [-0.25, -0.2) is 0 Å². The van der Waals surface area contributed by atoms with E-state index in [0.717, 1.165) is 29.4 Å². The molecular weight excluding hydrogens is 322 g/mol. The molecule has 132 valence electrons. The minimum absolute atomic E-state index is 0.132. The van der Waals surface area contributed by atoms with Gasteiger partial charge in [0.1, 0.15) is 17.1 Å². The highest BCUT2D eigenvalue weighted by Gasteiger charge is 2.31. The highest BCUT2D eigenvalue weighted by atomic mass is 16.5. The topological polar surface area (TPSA) is 30.5 Å². The Morgan fingerprint density at radius 2 is 1.69 bits per heavy atom. The average Bonchev–Trinajstić information content (AvgIpc) is 2.96. The first-order valence-corrected chi connectivity index (χ1v) is 8.96. The van der Waals surface area contributed by atoms with Crippen LogP contribution in [-0.4, -0.2) is 5.60 Å². The summed E-state index contributed by atoms with van der Waals surface area (Å²) in [6.45, 7) is 4.95. The molecule has 1 N–H and O–H groups in total. The molecule has 0 radical (unpaired) electrons. The van der Waals surface area contributed by atoms with Crippen LogP contribution in [0.4, 0.5) is 5.69 Å². The number of hydrogen-bond donors (Lipinski definition) is 1. The number of para-hydroxylation sites is 4. The SMILES string of the molecule is CC1(C)Cc2cccc(CNc3ccccc3Oc3ccccc3)c2O1. The molecule has 0 aromatic heterocycles. The molecule has 0 aliphatic carbocycles. The van der Waals surface area contributed by atoms with Gasteiger partial charge in [-0.05, 0) is 43.7 Å². The maximum absolute atomic E-state index is 6.17. The van der Waals surface area contributed by atoms with E-state index in [4.69, 9.17) is 9.47 Å². The van der Waals surface area contributed by atoms with Gasteiger partial charge >= 0.3 is 0 Å². The third-order valence-corrected chi connectivity index (χ3v) is 4.50. The van der Waals surface area contributed by atoms with Gasteiger partial charge in [0.15, 0.2) is 5.75 Å². The molecule has 0 bridgehead atoms. The van der Waals surface area contributed by atoms with Crippen LogP contribution in [0.1, 0.15) is 25.0 Å². The van der Waals surface area contributed by atoms with Crippen LogP contribution >= 0.6 is 0 Å². The van der Waals surface area contributed by atoms with Gasteiger partial charge in [0.25, 0.3) is 0 Å². The van der Waals surface area contributed by atoms with Crippen LogP contribution in [0.25, 0.3) is 0 Å². The van der Waals surface area contributed by atoms with E-state index in [1.54, 1.807) is 0 Å². The van der Waals surface area contributed by atoms with Crippen LogP contribution in [0.2, 0.25) is 0 Å². The largest absolute Gasteiger partial charge is 0.487 e. The Morgan fingerprint density at radius 1 is 0.923 bits per heavy atom. The van der Waals surface area contributed by atoms with Crippen molar-refractivity contribution in [3.8, 4) is 17.2 Å². The minimum Gasteiger partial charge on any atom is -0.487 e. The highest BCUT2D eigenvalue weighted by Crippen LogP contribution is 2.38. The van der Waals surface area contributed by atoms with Gasteiger partial charge in [0, 0.05) is 18.5 Å². The zero-order valence-electron chi connectivity index (χ0n) is 15.2. The fourth-order valence-electron chi connectivity index (χ4n) is 3.33. The Bertz CT molecular complexity index is 903. The summed E-state index contributed by atoms with van der Waals surface area (Å²) in [6.07, 6.45) is 0.948. The number of rotatable bonds is 5. The van der Waals surface area contributed by atoms with Crippen LogP contribution in [-0.2, 0) is 13.0 Å². The lowest BCUT2D eigenvalue weighted by Gasteiger charge is -2.19. The molecule has 0 fully saturated rings. The summed E-state index contributed by atoms with van der Waals surface area (Å²) in [5.74, 6) is 2.66. The van der Waals surface area contributed by atoms with E-state index in [1.807, 2.05) is 54.6 Å². The summed E-state index contributed by atoms with van der Waals surface area (Å²) in [5.41, 5.74) is 3.28. The highest BCUT2D eigenvalue weighted by molar-refractivity contribution is 5.58. The molecule has 3 nitrogen and oxygen atoms in total. The first kappa shape index (κ1) is 16.5. The van der Waals surface area contributed by atoms with Crippen molar-refractivity contribution in [3.63, 3.8) is 0 Å². The van der Waals surface area contributed by atoms with Crippen LogP contribution < -0.4 is 14.8 Å². The lowest BCUT2D eigenvalue weighted by molar-refractivity contribution is 0.137. The molecule has 1 heterocycles. The van der Waals surface area contributed by atoms with Crippen molar-refractivity contribution in [1.29, 1.82) is 0 Å². The molecule has 3 aromatic rings. The Labute approximate surface area is 154 Å². The van der Waals surface area contributed by atoms with E-state index >= 15 is 0 Å². The molecule has 4 rings (SSSR count). The predicted octanol–water partition coefficient (Wildman–Crippen LogP) is 5.80. The molecule has 1 aliphatic heterocycles. The number of fused-ring (bicyclic) bond motifs is 1. The Morgan fingerprint density at radius 3 is 2.54 bits per heavy atom. The first-order chi connectivity index (χ1) is 12.6. The summed E-state index contributed by atoms with van der Waals surface area (Å²) in [7, 11) is 0. The van der Waals surface area contributed by atoms with Crippen molar-refractivity contribution in [1.82, 2.24) is 0 Å². The van der Waals surface area contributed by atoms with Gasteiger partial charge in [0.2, 0.25) is 0 Å². The maximum Gasteiger partial charge on any atom is 0.150 e. The molecule has 0 spiro atoms. The Kier molecular flexibility index (Phi) is 4.29. The predicted molar refractivity (Wildman–Crippen MR) is 105 cm³/mol. The molecule has 0 amide bonds. The molecule has 0 unspecified atom stereocenters. The second-order valence-electron chi connectivity index (χ2n) is 7.21. The molecule has 26 heavy (non-hydrogen) atoms. The summed E-state index contributed by atoms with van der Waals surface area (Å²) in [5, 5.41) is 3.50. The van der Waals surface area contributed by atoms with Gasteiger partial charge in [-0.2, -0.15) is 0 Å². The normalized spacial score (nSPS) is 14.4. The standard InChI is InChI=1S/C23H23NO2/c1-23(2)15-17-9-8-10-18(22(17)26-23)16-24-20-13-6-7-14-21(20)25-19-11-4-3-5-12-19/h3-14,24H,15-16H2,1-2H3. The van der Waals surface area contributed by atoms with Crippen molar-refractivity contribution in [2.45, 2.75) is 32.4 Å². The fourth-order valence-corrected chi connectivity index (χ4v) is 3.33. The third kappa shape index (κ3) is 3.52. The lowest BCUT2D eigenvalue weighted by Crippen LogP contribution is -2.25. The molecule has 3 heteroatoms. The van der Waals surface area contributed by atoms with Gasteiger partial charge < -0.3 is 14.8 Å². The summed E-state index contributed by atoms with van der Waals surface area (Å²) >= 11 is 0. The number of hydrogen-bond acceptors (Lipinski definition) is 3. The second kappa shape index (κ2) is 6.75. The number of benzene rings is 3. The minimum atomic E-state index is -0.132. The van der Waals surface area contributed by atoms with Crippen molar-refractivity contribution < 1.29 is 9.47 Å². The first-order valence-electron chi connectivity index (χ1n) is 8.96. The van der Waals surface area contributed by atoms with Crippen molar-refractivity contribution in [3.05, 3.63) is 83.9 Å². The summed E-state index contributed by atoms with van der Waals surface area (Å²) in [4.78, 5) is 0. The van der Waals surface area contributed by atoms with E-state index in [1.165, 1.54) is 11.1 Å². The van der Waals surface area contributed by atoms with E-state index < -0.39 is 0 Å². The molecule has 1 aliphatic rings. The third-order valence-electron chi connectivity index (χ3n) is 4.50. The fraction of sp³-hybridized carbons (Fsp3) is 0.217. The molecule has 0 saturated carbocycles. The monoisotopic (exact) mass is 345 g/mol. The number of anilines is 1. The zero-order valence-corrected chi connectivity index (χ0v) is 15.2. The van der Waals surface area contributed by atoms with Crippen LogP contribution in [0, 0.1) is 0 Å². The smallest absolute Gasteiger partial charge is 0.150 e. The summed E-state index contributed by atoms with van der Waals surface area (Å²) < 4.78 is 12.2. The van der Waals surface area contributed by atoms with Crippen LogP contribution in [0.15, 0.2) is 72.8 Å². The lowest BCUT2D eigenvalue weighted by atomic mass is 10.0. The maximum atomic E-state index is 6.17. The van der Waals surface area contributed by atoms with Crippen molar-refractivity contribution in [2.24, 2.45) is 0 Å². The molecule has 0 atom stereocenters.